The molecule has 1 saturated heterocycles. The lowest BCUT2D eigenvalue weighted by Gasteiger charge is -2.19. The molecule has 0 spiro atoms. The van der Waals surface area contributed by atoms with Gasteiger partial charge in [0.15, 0.2) is 0 Å². The number of ether oxygens (including phenoxy) is 1. The van der Waals surface area contributed by atoms with E-state index in [2.05, 4.69) is 5.32 Å². The molecular formula is C11H19NO2. The van der Waals surface area contributed by atoms with Crippen molar-refractivity contribution in [3.63, 3.8) is 0 Å². The number of carbonyl (C=O) groups excluding carboxylic acids is 1. The molecule has 0 atom stereocenters. The zero-order valence-corrected chi connectivity index (χ0v) is 9.22. The molecule has 0 aromatic heterocycles. The van der Waals surface area contributed by atoms with Crippen molar-refractivity contribution in [2.45, 2.75) is 39.2 Å². The van der Waals surface area contributed by atoms with E-state index in [0.717, 1.165) is 31.5 Å². The molecule has 1 aliphatic heterocycles. The Balaban J connectivity index is 2.45. The van der Waals surface area contributed by atoms with Gasteiger partial charge in [0.2, 0.25) is 0 Å². The second-order valence-corrected chi connectivity index (χ2v) is 4.62. The number of nitrogens with one attached hydrogen (secondary N) is 1. The van der Waals surface area contributed by atoms with Crippen LogP contribution in [-0.4, -0.2) is 24.7 Å². The summed E-state index contributed by atoms with van der Waals surface area (Å²) in [6.07, 6.45) is 3.73. The van der Waals surface area contributed by atoms with Gasteiger partial charge in [0.1, 0.15) is 5.60 Å². The molecule has 3 heteroatoms. The predicted molar refractivity (Wildman–Crippen MR) is 56.0 cm³/mol. The van der Waals surface area contributed by atoms with Crippen molar-refractivity contribution in [1.29, 1.82) is 0 Å². The van der Waals surface area contributed by atoms with E-state index >= 15 is 0 Å². The molecule has 1 heterocycles. The second kappa shape index (κ2) is 4.60. The Labute approximate surface area is 85.5 Å². The number of hydrogen-bond acceptors (Lipinski definition) is 3. The van der Waals surface area contributed by atoms with Gasteiger partial charge in [0.05, 0.1) is 0 Å². The van der Waals surface area contributed by atoms with Crippen LogP contribution in [0.25, 0.3) is 0 Å². The van der Waals surface area contributed by atoms with Crippen molar-refractivity contribution < 1.29 is 9.53 Å². The minimum absolute atomic E-state index is 0.226. The second-order valence-electron chi connectivity index (χ2n) is 4.62. The number of carbonyl (C=O) groups is 1. The maximum atomic E-state index is 11.4. The van der Waals surface area contributed by atoms with Crippen LogP contribution in [-0.2, 0) is 9.53 Å². The van der Waals surface area contributed by atoms with Crippen LogP contribution in [0.15, 0.2) is 11.6 Å². The summed E-state index contributed by atoms with van der Waals surface area (Å²) in [6, 6.07) is 0. The lowest BCUT2D eigenvalue weighted by molar-refractivity contribution is -0.148. The van der Waals surface area contributed by atoms with Gasteiger partial charge in [-0.2, -0.15) is 0 Å². The highest BCUT2D eigenvalue weighted by molar-refractivity contribution is 5.83. The molecule has 1 fully saturated rings. The summed E-state index contributed by atoms with van der Waals surface area (Å²) >= 11 is 0. The third kappa shape index (κ3) is 4.42. The monoisotopic (exact) mass is 197 g/mol. The molecule has 0 aromatic carbocycles. The van der Waals surface area contributed by atoms with Crippen LogP contribution in [0, 0.1) is 0 Å². The summed E-state index contributed by atoms with van der Waals surface area (Å²) in [5.74, 6) is -0.226. The first-order chi connectivity index (χ1) is 6.47. The predicted octanol–water partition coefficient (Wildman–Crippen LogP) is 1.64. The number of esters is 1. The summed E-state index contributed by atoms with van der Waals surface area (Å²) < 4.78 is 5.20. The quantitative estimate of drug-likeness (QED) is 0.513. The maximum Gasteiger partial charge on any atom is 0.331 e. The highest BCUT2D eigenvalue weighted by Gasteiger charge is 2.15. The van der Waals surface area contributed by atoms with Crippen molar-refractivity contribution >= 4 is 5.97 Å². The van der Waals surface area contributed by atoms with Gasteiger partial charge in [-0.15, -0.1) is 0 Å². The first-order valence-corrected chi connectivity index (χ1v) is 5.10. The van der Waals surface area contributed by atoms with Crippen molar-refractivity contribution in [2.24, 2.45) is 0 Å². The van der Waals surface area contributed by atoms with Gasteiger partial charge in [-0.3, -0.25) is 0 Å². The first-order valence-electron chi connectivity index (χ1n) is 5.10. The molecule has 1 aliphatic rings. The van der Waals surface area contributed by atoms with Crippen molar-refractivity contribution in [3.8, 4) is 0 Å². The van der Waals surface area contributed by atoms with Gasteiger partial charge < -0.3 is 10.1 Å². The number of piperidine rings is 1. The summed E-state index contributed by atoms with van der Waals surface area (Å²) in [6.45, 7) is 7.50. The molecule has 0 saturated carbocycles. The van der Waals surface area contributed by atoms with Gasteiger partial charge in [0.25, 0.3) is 0 Å². The van der Waals surface area contributed by atoms with Gasteiger partial charge in [-0.25, -0.2) is 4.79 Å². The fraction of sp³-hybridized carbons (Fsp3) is 0.727. The average molecular weight is 197 g/mol. The van der Waals surface area contributed by atoms with Crippen LogP contribution >= 0.6 is 0 Å². The molecule has 0 unspecified atom stereocenters. The van der Waals surface area contributed by atoms with E-state index in [1.54, 1.807) is 6.08 Å². The van der Waals surface area contributed by atoms with E-state index < -0.39 is 5.60 Å². The molecule has 1 rings (SSSR count). The van der Waals surface area contributed by atoms with E-state index in [0.29, 0.717) is 0 Å². The number of hydrogen-bond donors (Lipinski definition) is 1. The summed E-state index contributed by atoms with van der Waals surface area (Å²) in [5.41, 5.74) is 0.751. The normalized spacial score (nSPS) is 20.9. The molecule has 0 aromatic rings. The topological polar surface area (TPSA) is 38.3 Å². The van der Waals surface area contributed by atoms with Crippen molar-refractivity contribution in [1.82, 2.24) is 5.32 Å². The van der Waals surface area contributed by atoms with Gasteiger partial charge in [0, 0.05) is 12.6 Å². The zero-order chi connectivity index (χ0) is 10.6. The highest BCUT2D eigenvalue weighted by atomic mass is 16.6. The minimum atomic E-state index is -0.393. The van der Waals surface area contributed by atoms with Crippen LogP contribution < -0.4 is 5.32 Å². The van der Waals surface area contributed by atoms with Gasteiger partial charge >= 0.3 is 5.97 Å². The Morgan fingerprint density at radius 3 is 2.71 bits per heavy atom. The largest absolute Gasteiger partial charge is 0.457 e. The Morgan fingerprint density at radius 1 is 1.50 bits per heavy atom. The van der Waals surface area contributed by atoms with E-state index in [1.807, 2.05) is 20.8 Å². The highest BCUT2D eigenvalue weighted by Crippen LogP contribution is 2.11. The molecule has 3 nitrogen and oxygen atoms in total. The summed E-state index contributed by atoms with van der Waals surface area (Å²) in [4.78, 5) is 11.4. The van der Waals surface area contributed by atoms with E-state index in [9.17, 15) is 4.79 Å². The zero-order valence-electron chi connectivity index (χ0n) is 9.22. The van der Waals surface area contributed by atoms with E-state index in [1.165, 1.54) is 0 Å². The third-order valence-electron chi connectivity index (χ3n) is 1.93. The van der Waals surface area contributed by atoms with Gasteiger partial charge in [-0.05, 0) is 45.7 Å². The minimum Gasteiger partial charge on any atom is -0.457 e. The Kier molecular flexibility index (Phi) is 3.69. The lowest BCUT2D eigenvalue weighted by Crippen LogP contribution is -2.26. The van der Waals surface area contributed by atoms with E-state index in [-0.39, 0.29) is 5.97 Å². The third-order valence-corrected chi connectivity index (χ3v) is 1.93. The van der Waals surface area contributed by atoms with Crippen molar-refractivity contribution in [3.05, 3.63) is 11.6 Å². The fourth-order valence-corrected chi connectivity index (χ4v) is 1.40. The Hall–Kier alpha value is -0.830. The van der Waals surface area contributed by atoms with Crippen LogP contribution in [0.5, 0.6) is 0 Å². The van der Waals surface area contributed by atoms with Crippen LogP contribution in [0.4, 0.5) is 0 Å². The molecule has 0 amide bonds. The van der Waals surface area contributed by atoms with Crippen LogP contribution in [0.2, 0.25) is 0 Å². The van der Waals surface area contributed by atoms with Crippen LogP contribution in [0.1, 0.15) is 33.6 Å². The smallest absolute Gasteiger partial charge is 0.331 e. The maximum absolute atomic E-state index is 11.4. The fourth-order valence-electron chi connectivity index (χ4n) is 1.40. The molecule has 0 aliphatic carbocycles. The van der Waals surface area contributed by atoms with Crippen molar-refractivity contribution in [2.75, 3.05) is 13.1 Å². The molecule has 0 radical (unpaired) electrons. The average Bonchev–Trinajstić information content (AvgIpc) is 2.02. The molecular weight excluding hydrogens is 178 g/mol. The van der Waals surface area contributed by atoms with E-state index in [4.69, 9.17) is 4.74 Å². The number of rotatable bonds is 1. The Morgan fingerprint density at radius 2 is 2.21 bits per heavy atom. The lowest BCUT2D eigenvalue weighted by atomic mass is 10.1. The molecule has 1 N–H and O–H groups in total. The first kappa shape index (κ1) is 11.2. The van der Waals surface area contributed by atoms with Gasteiger partial charge in [-0.1, -0.05) is 0 Å². The summed E-state index contributed by atoms with van der Waals surface area (Å²) in [5, 5.41) is 3.23. The van der Waals surface area contributed by atoms with Crippen LogP contribution in [0.3, 0.4) is 0 Å². The Bertz CT molecular complexity index is 230. The molecule has 80 valence electrons. The molecule has 0 bridgehead atoms. The standard InChI is InChI=1S/C11H19NO2/c1-11(2,3)14-10(13)7-9-5-4-6-12-8-9/h7,12H,4-6,8H2,1-3H3/b9-7+. The summed E-state index contributed by atoms with van der Waals surface area (Å²) in [7, 11) is 0. The molecule has 14 heavy (non-hydrogen) atoms. The SMILES string of the molecule is CC(C)(C)OC(=O)/C=C1\CCCNC1.